The Balaban J connectivity index is 2.45. The summed E-state index contributed by atoms with van der Waals surface area (Å²) in [6.07, 6.45) is 2.48. The van der Waals surface area contributed by atoms with Gasteiger partial charge in [0.2, 0.25) is 0 Å². The van der Waals surface area contributed by atoms with E-state index in [1.165, 1.54) is 11.3 Å². The van der Waals surface area contributed by atoms with E-state index in [1.807, 2.05) is 18.7 Å². The molecule has 0 bridgehead atoms. The van der Waals surface area contributed by atoms with Crippen LogP contribution in [-0.4, -0.2) is 21.0 Å². The van der Waals surface area contributed by atoms with Crippen LogP contribution in [0.15, 0.2) is 0 Å². The fourth-order valence-electron chi connectivity index (χ4n) is 1.97. The molecule has 0 aromatic carbocycles. The van der Waals surface area contributed by atoms with Crippen molar-refractivity contribution in [2.75, 3.05) is 0 Å². The molecule has 0 fully saturated rings. The van der Waals surface area contributed by atoms with Crippen molar-refractivity contribution < 1.29 is 5.11 Å². The van der Waals surface area contributed by atoms with Gasteiger partial charge in [0.25, 0.3) is 0 Å². The maximum absolute atomic E-state index is 9.45. The summed E-state index contributed by atoms with van der Waals surface area (Å²) in [5, 5.41) is 13.8. The van der Waals surface area contributed by atoms with Crippen LogP contribution in [-0.2, 0) is 19.9 Å². The summed E-state index contributed by atoms with van der Waals surface area (Å²) >= 11 is 0. The fourth-order valence-corrected chi connectivity index (χ4v) is 1.97. The Morgan fingerprint density at radius 2 is 2.33 bits per heavy atom. The third-order valence-electron chi connectivity index (χ3n) is 2.63. The molecule has 1 atom stereocenters. The minimum Gasteiger partial charge on any atom is -0.393 e. The zero-order chi connectivity index (χ0) is 8.72. The standard InChI is InChI=1S/C9H14N2O/c1-6-8-5-7(12)3-4-9(8)11(2)10-6/h7,12H,3-5H2,1-2H3. The average Bonchev–Trinajstić information content (AvgIpc) is 2.28. The summed E-state index contributed by atoms with van der Waals surface area (Å²) in [4.78, 5) is 0. The maximum Gasteiger partial charge on any atom is 0.0629 e. The second-order valence-electron chi connectivity index (χ2n) is 3.53. The number of aliphatic hydroxyl groups is 1. The lowest BCUT2D eigenvalue weighted by Crippen LogP contribution is -2.19. The van der Waals surface area contributed by atoms with E-state index in [0.29, 0.717) is 0 Å². The molecule has 0 saturated carbocycles. The van der Waals surface area contributed by atoms with Gasteiger partial charge in [0, 0.05) is 19.2 Å². The molecular weight excluding hydrogens is 152 g/mol. The number of aliphatic hydroxyl groups excluding tert-OH is 1. The first-order valence-electron chi connectivity index (χ1n) is 4.38. The van der Waals surface area contributed by atoms with Crippen molar-refractivity contribution in [2.24, 2.45) is 7.05 Å². The van der Waals surface area contributed by atoms with E-state index in [0.717, 1.165) is 25.0 Å². The van der Waals surface area contributed by atoms with E-state index in [1.54, 1.807) is 0 Å². The first-order valence-corrected chi connectivity index (χ1v) is 4.38. The highest BCUT2D eigenvalue weighted by atomic mass is 16.3. The second-order valence-corrected chi connectivity index (χ2v) is 3.53. The highest BCUT2D eigenvalue weighted by Crippen LogP contribution is 2.23. The SMILES string of the molecule is Cc1nn(C)c2c1CC(O)CC2. The van der Waals surface area contributed by atoms with Gasteiger partial charge in [0.1, 0.15) is 0 Å². The van der Waals surface area contributed by atoms with Crippen molar-refractivity contribution in [1.29, 1.82) is 0 Å². The zero-order valence-electron chi connectivity index (χ0n) is 7.54. The lowest BCUT2D eigenvalue weighted by molar-refractivity contribution is 0.157. The van der Waals surface area contributed by atoms with Crippen molar-refractivity contribution in [1.82, 2.24) is 9.78 Å². The largest absolute Gasteiger partial charge is 0.393 e. The molecule has 1 unspecified atom stereocenters. The number of hydrogen-bond acceptors (Lipinski definition) is 2. The van der Waals surface area contributed by atoms with E-state index in [-0.39, 0.29) is 6.10 Å². The molecule has 0 saturated heterocycles. The highest BCUT2D eigenvalue weighted by molar-refractivity contribution is 5.28. The van der Waals surface area contributed by atoms with Crippen LogP contribution in [0.2, 0.25) is 0 Å². The van der Waals surface area contributed by atoms with Gasteiger partial charge < -0.3 is 5.11 Å². The summed E-state index contributed by atoms with van der Waals surface area (Å²) in [7, 11) is 1.98. The van der Waals surface area contributed by atoms with Gasteiger partial charge in [-0.15, -0.1) is 0 Å². The van der Waals surface area contributed by atoms with Gasteiger partial charge >= 0.3 is 0 Å². The molecule has 0 amide bonds. The predicted molar refractivity (Wildman–Crippen MR) is 46.0 cm³/mol. The van der Waals surface area contributed by atoms with Crippen LogP contribution in [0.5, 0.6) is 0 Å². The Morgan fingerprint density at radius 1 is 1.58 bits per heavy atom. The summed E-state index contributed by atoms with van der Waals surface area (Å²) in [5.74, 6) is 0. The van der Waals surface area contributed by atoms with E-state index >= 15 is 0 Å². The third kappa shape index (κ3) is 1.05. The number of aromatic nitrogens is 2. The molecule has 1 aromatic rings. The third-order valence-corrected chi connectivity index (χ3v) is 2.63. The van der Waals surface area contributed by atoms with Gasteiger partial charge in [-0.25, -0.2) is 0 Å². The first-order chi connectivity index (χ1) is 5.68. The van der Waals surface area contributed by atoms with E-state index in [2.05, 4.69) is 5.10 Å². The van der Waals surface area contributed by atoms with Gasteiger partial charge in [0.15, 0.2) is 0 Å². The number of rotatable bonds is 0. The van der Waals surface area contributed by atoms with Crippen molar-refractivity contribution in [3.63, 3.8) is 0 Å². The molecule has 0 radical (unpaired) electrons. The van der Waals surface area contributed by atoms with Gasteiger partial charge in [0.05, 0.1) is 11.8 Å². The molecular formula is C9H14N2O. The minimum absolute atomic E-state index is 0.152. The molecule has 12 heavy (non-hydrogen) atoms. The molecule has 1 aliphatic carbocycles. The molecule has 1 heterocycles. The van der Waals surface area contributed by atoms with Crippen LogP contribution in [0.4, 0.5) is 0 Å². The first kappa shape index (κ1) is 7.80. The number of nitrogens with zero attached hydrogens (tertiary/aromatic N) is 2. The Labute approximate surface area is 72.0 Å². The van der Waals surface area contributed by atoms with E-state index < -0.39 is 0 Å². The number of fused-ring (bicyclic) bond motifs is 1. The van der Waals surface area contributed by atoms with Crippen molar-refractivity contribution in [2.45, 2.75) is 32.3 Å². The minimum atomic E-state index is -0.152. The maximum atomic E-state index is 9.45. The second kappa shape index (κ2) is 2.59. The number of aryl methyl sites for hydroxylation is 2. The monoisotopic (exact) mass is 166 g/mol. The topological polar surface area (TPSA) is 38.0 Å². The van der Waals surface area contributed by atoms with Crippen LogP contribution in [0, 0.1) is 6.92 Å². The van der Waals surface area contributed by atoms with Gasteiger partial charge in [-0.1, -0.05) is 0 Å². The van der Waals surface area contributed by atoms with E-state index in [9.17, 15) is 5.11 Å². The molecule has 3 nitrogen and oxygen atoms in total. The van der Waals surface area contributed by atoms with E-state index in [4.69, 9.17) is 0 Å². The van der Waals surface area contributed by atoms with Crippen LogP contribution in [0.25, 0.3) is 0 Å². The smallest absolute Gasteiger partial charge is 0.0629 e. The fraction of sp³-hybridized carbons (Fsp3) is 0.667. The number of hydrogen-bond donors (Lipinski definition) is 1. The molecule has 3 heteroatoms. The normalized spacial score (nSPS) is 22.4. The van der Waals surface area contributed by atoms with Crippen LogP contribution in [0.3, 0.4) is 0 Å². The summed E-state index contributed by atoms with van der Waals surface area (Å²) in [6.45, 7) is 2.01. The van der Waals surface area contributed by atoms with Crippen molar-refractivity contribution >= 4 is 0 Å². The lowest BCUT2D eigenvalue weighted by atomic mass is 9.94. The summed E-state index contributed by atoms with van der Waals surface area (Å²) in [6, 6.07) is 0. The van der Waals surface area contributed by atoms with Gasteiger partial charge in [-0.2, -0.15) is 5.10 Å². The quantitative estimate of drug-likeness (QED) is 0.612. The Morgan fingerprint density at radius 3 is 3.08 bits per heavy atom. The molecule has 1 aromatic heterocycles. The van der Waals surface area contributed by atoms with Gasteiger partial charge in [-0.05, 0) is 25.3 Å². The van der Waals surface area contributed by atoms with Crippen molar-refractivity contribution in [3.8, 4) is 0 Å². The van der Waals surface area contributed by atoms with Crippen LogP contribution >= 0.6 is 0 Å². The molecule has 66 valence electrons. The van der Waals surface area contributed by atoms with Gasteiger partial charge in [-0.3, -0.25) is 4.68 Å². The predicted octanol–water partition coefficient (Wildman–Crippen LogP) is 0.578. The molecule has 1 N–H and O–H groups in total. The van der Waals surface area contributed by atoms with Crippen LogP contribution in [0.1, 0.15) is 23.4 Å². The summed E-state index contributed by atoms with van der Waals surface area (Å²) < 4.78 is 1.94. The molecule has 2 rings (SSSR count). The highest BCUT2D eigenvalue weighted by Gasteiger charge is 2.21. The zero-order valence-corrected chi connectivity index (χ0v) is 7.54. The lowest BCUT2D eigenvalue weighted by Gasteiger charge is -2.17. The van der Waals surface area contributed by atoms with Crippen LogP contribution < -0.4 is 0 Å². The average molecular weight is 166 g/mol. The Bertz CT molecular complexity index is 304. The van der Waals surface area contributed by atoms with Crippen molar-refractivity contribution in [3.05, 3.63) is 17.0 Å². The molecule has 0 spiro atoms. The Hall–Kier alpha value is -0.830. The summed E-state index contributed by atoms with van der Waals surface area (Å²) in [5.41, 5.74) is 3.64. The molecule has 0 aliphatic heterocycles. The molecule has 1 aliphatic rings. The Kier molecular flexibility index (Phi) is 1.68.